The van der Waals surface area contributed by atoms with Crippen molar-refractivity contribution in [1.29, 1.82) is 0 Å². The van der Waals surface area contributed by atoms with Crippen molar-refractivity contribution in [3.8, 4) is 0 Å². The molecule has 1 fully saturated rings. The summed E-state index contributed by atoms with van der Waals surface area (Å²) in [6.07, 6.45) is -0.189. The van der Waals surface area contributed by atoms with Crippen LogP contribution >= 0.6 is 15.9 Å². The molecule has 2 rings (SSSR count). The number of nitrogens with one attached hydrogen (secondary N) is 1. The maximum atomic E-state index is 11.5. The van der Waals surface area contributed by atoms with Gasteiger partial charge in [-0.3, -0.25) is 14.3 Å². The van der Waals surface area contributed by atoms with Crippen LogP contribution in [0.2, 0.25) is 0 Å². The van der Waals surface area contributed by atoms with Gasteiger partial charge in [-0.15, -0.1) is 0 Å². The number of hydrogen-bond donors (Lipinski definition) is 3. The zero-order valence-corrected chi connectivity index (χ0v) is 10.3. The average Bonchev–Trinajstić information content (AvgIpc) is 2.53. The van der Waals surface area contributed by atoms with E-state index in [1.807, 2.05) is 0 Å². The van der Waals surface area contributed by atoms with Crippen LogP contribution in [0.5, 0.6) is 0 Å². The van der Waals surface area contributed by atoms with Crippen molar-refractivity contribution >= 4 is 15.9 Å². The second-order valence-corrected chi connectivity index (χ2v) is 5.18. The molecule has 7 nitrogen and oxygen atoms in total. The van der Waals surface area contributed by atoms with Crippen LogP contribution < -0.4 is 11.2 Å². The number of aromatic amines is 1. The molecular weight excluding hydrogens is 296 g/mol. The maximum absolute atomic E-state index is 11.5. The molecule has 8 heteroatoms. The third-order valence-electron chi connectivity index (χ3n) is 2.60. The topological polar surface area (TPSA) is 105 Å². The summed E-state index contributed by atoms with van der Waals surface area (Å²) in [5.41, 5.74) is -1.12. The van der Waals surface area contributed by atoms with Crippen LogP contribution in [0.3, 0.4) is 0 Å². The van der Waals surface area contributed by atoms with Gasteiger partial charge in [0.25, 0.3) is 5.56 Å². The number of aliphatic hydroxyl groups is 2. The number of aliphatic hydroxyl groups excluding tert-OH is 1. The summed E-state index contributed by atoms with van der Waals surface area (Å²) in [5.74, 6) is 0. The molecule has 0 bridgehead atoms. The van der Waals surface area contributed by atoms with E-state index < -0.39 is 28.1 Å². The molecule has 0 saturated carbocycles. The Bertz CT molecular complexity index is 523. The van der Waals surface area contributed by atoms with Crippen LogP contribution in [0.25, 0.3) is 0 Å². The molecule has 17 heavy (non-hydrogen) atoms. The van der Waals surface area contributed by atoms with Gasteiger partial charge in [0.05, 0.1) is 6.61 Å². The van der Waals surface area contributed by atoms with Crippen molar-refractivity contribution in [2.45, 2.75) is 23.3 Å². The lowest BCUT2D eigenvalue weighted by Gasteiger charge is -2.18. The van der Waals surface area contributed by atoms with Crippen molar-refractivity contribution in [2.24, 2.45) is 0 Å². The Morgan fingerprint density at radius 2 is 2.35 bits per heavy atom. The summed E-state index contributed by atoms with van der Waals surface area (Å²) in [4.78, 5) is 24.5. The zero-order valence-electron chi connectivity index (χ0n) is 8.67. The Morgan fingerprint density at radius 1 is 1.65 bits per heavy atom. The summed E-state index contributed by atoms with van der Waals surface area (Å²) in [7, 11) is 0. The molecule has 94 valence electrons. The van der Waals surface area contributed by atoms with Gasteiger partial charge in [-0.2, -0.15) is 0 Å². The largest absolute Gasteiger partial charge is 0.394 e. The number of halogens is 1. The van der Waals surface area contributed by atoms with Crippen LogP contribution in [-0.2, 0) is 4.74 Å². The molecule has 1 aromatic heterocycles. The van der Waals surface area contributed by atoms with Gasteiger partial charge in [0.2, 0.25) is 0 Å². The highest BCUT2D eigenvalue weighted by Crippen LogP contribution is 2.39. The number of H-pyrrole nitrogens is 1. The first-order valence-electron chi connectivity index (χ1n) is 4.93. The quantitative estimate of drug-likeness (QED) is 0.602. The fourth-order valence-electron chi connectivity index (χ4n) is 1.72. The van der Waals surface area contributed by atoms with E-state index in [2.05, 4.69) is 20.9 Å². The summed E-state index contributed by atoms with van der Waals surface area (Å²) < 4.78 is 5.10. The van der Waals surface area contributed by atoms with Crippen molar-refractivity contribution in [3.63, 3.8) is 0 Å². The second-order valence-electron chi connectivity index (χ2n) is 3.80. The number of ether oxygens (including phenoxy) is 1. The van der Waals surface area contributed by atoms with Crippen molar-refractivity contribution in [2.75, 3.05) is 6.61 Å². The van der Waals surface area contributed by atoms with Gasteiger partial charge in [-0.1, -0.05) is 15.9 Å². The van der Waals surface area contributed by atoms with E-state index in [1.54, 1.807) is 0 Å². The van der Waals surface area contributed by atoms with Crippen LogP contribution in [0.1, 0.15) is 12.6 Å². The van der Waals surface area contributed by atoms with Crippen LogP contribution in [0, 0.1) is 0 Å². The number of hydrogen-bond acceptors (Lipinski definition) is 5. The van der Waals surface area contributed by atoms with Gasteiger partial charge in [-0.25, -0.2) is 4.79 Å². The lowest BCUT2D eigenvalue weighted by Crippen LogP contribution is -2.33. The average molecular weight is 307 g/mol. The predicted octanol–water partition coefficient (Wildman–Crippen LogP) is -1.10. The SMILES string of the molecule is O=c1ccn([C@H]2C[C@](O)(Br)[C@@H](CO)O2)c(=O)[nH]1. The summed E-state index contributed by atoms with van der Waals surface area (Å²) >= 11 is 3.03. The first-order chi connectivity index (χ1) is 7.94. The van der Waals surface area contributed by atoms with E-state index >= 15 is 0 Å². The Balaban J connectivity index is 2.32. The van der Waals surface area contributed by atoms with Crippen LogP contribution in [-0.4, -0.2) is 37.0 Å². The Kier molecular flexibility index (Phi) is 3.21. The van der Waals surface area contributed by atoms with Gasteiger partial charge >= 0.3 is 5.69 Å². The molecule has 2 heterocycles. The number of aromatic nitrogens is 2. The number of rotatable bonds is 2. The standard InChI is InChI=1S/C9H11BrN2O5/c10-9(16)3-7(17-5(9)4-13)12-2-1-6(14)11-8(12)15/h1-2,5,7,13,16H,3-4H2,(H,11,14,15)/t5-,7-,9-/m1/s1. The van der Waals surface area contributed by atoms with Gasteiger partial charge in [0.15, 0.2) is 4.51 Å². The van der Waals surface area contributed by atoms with Gasteiger partial charge in [0, 0.05) is 18.7 Å². The molecule has 0 aromatic carbocycles. The van der Waals surface area contributed by atoms with E-state index in [4.69, 9.17) is 9.84 Å². The van der Waals surface area contributed by atoms with E-state index in [-0.39, 0.29) is 13.0 Å². The molecule has 1 aliphatic heterocycles. The molecule has 1 saturated heterocycles. The molecule has 3 N–H and O–H groups in total. The van der Waals surface area contributed by atoms with E-state index in [0.29, 0.717) is 0 Å². The Hall–Kier alpha value is -0.960. The van der Waals surface area contributed by atoms with E-state index in [9.17, 15) is 14.7 Å². The highest BCUT2D eigenvalue weighted by atomic mass is 79.9. The fourth-order valence-corrected chi connectivity index (χ4v) is 2.25. The van der Waals surface area contributed by atoms with Crippen molar-refractivity contribution < 1.29 is 14.9 Å². The van der Waals surface area contributed by atoms with Gasteiger partial charge in [0.1, 0.15) is 12.3 Å². The highest BCUT2D eigenvalue weighted by molar-refractivity contribution is 9.10. The molecular formula is C9H11BrN2O5. The minimum absolute atomic E-state index is 0.0875. The van der Waals surface area contributed by atoms with Crippen molar-refractivity contribution in [3.05, 3.63) is 33.1 Å². The maximum Gasteiger partial charge on any atom is 0.330 e. The minimum atomic E-state index is -1.39. The molecule has 0 unspecified atom stereocenters. The number of nitrogens with zero attached hydrogens (tertiary/aromatic N) is 1. The minimum Gasteiger partial charge on any atom is -0.394 e. The molecule has 1 aromatic rings. The summed E-state index contributed by atoms with van der Waals surface area (Å²) in [6.45, 7) is -0.379. The van der Waals surface area contributed by atoms with Crippen LogP contribution in [0.4, 0.5) is 0 Å². The third kappa shape index (κ3) is 2.34. The fraction of sp³-hybridized carbons (Fsp3) is 0.556. The summed E-state index contributed by atoms with van der Waals surface area (Å²) in [5, 5.41) is 18.9. The van der Waals surface area contributed by atoms with Gasteiger partial charge < -0.3 is 14.9 Å². The molecule has 1 aliphatic rings. The highest BCUT2D eigenvalue weighted by Gasteiger charge is 2.46. The third-order valence-corrected chi connectivity index (χ3v) is 3.44. The second kappa shape index (κ2) is 4.37. The summed E-state index contributed by atoms with van der Waals surface area (Å²) in [6, 6.07) is 1.18. The Morgan fingerprint density at radius 3 is 2.88 bits per heavy atom. The first kappa shape index (κ1) is 12.5. The normalized spacial score (nSPS) is 32.9. The molecule has 3 atom stereocenters. The molecule has 0 aliphatic carbocycles. The molecule has 0 spiro atoms. The Labute approximate surface area is 104 Å². The van der Waals surface area contributed by atoms with Crippen molar-refractivity contribution in [1.82, 2.24) is 9.55 Å². The molecule has 0 radical (unpaired) electrons. The number of alkyl halides is 1. The molecule has 0 amide bonds. The van der Waals surface area contributed by atoms with E-state index in [1.165, 1.54) is 12.3 Å². The van der Waals surface area contributed by atoms with Gasteiger partial charge in [-0.05, 0) is 0 Å². The smallest absolute Gasteiger partial charge is 0.330 e. The lowest BCUT2D eigenvalue weighted by molar-refractivity contribution is -0.0518. The monoisotopic (exact) mass is 306 g/mol. The first-order valence-corrected chi connectivity index (χ1v) is 5.72. The zero-order chi connectivity index (χ0) is 12.6. The van der Waals surface area contributed by atoms with Crippen LogP contribution in [0.15, 0.2) is 21.9 Å². The predicted molar refractivity (Wildman–Crippen MR) is 60.8 cm³/mol. The lowest BCUT2D eigenvalue weighted by atomic mass is 10.2. The van der Waals surface area contributed by atoms with E-state index in [0.717, 1.165) is 4.57 Å².